The monoisotopic (exact) mass is 339 g/mol. The molecule has 0 bridgehead atoms. The van der Waals surface area contributed by atoms with Crippen molar-refractivity contribution in [2.75, 3.05) is 0 Å². The third kappa shape index (κ3) is 2.19. The van der Waals surface area contributed by atoms with Crippen LogP contribution in [0.4, 0.5) is 8.78 Å². The van der Waals surface area contributed by atoms with E-state index in [1.165, 1.54) is 6.07 Å². The van der Waals surface area contributed by atoms with Gasteiger partial charge >= 0.3 is 5.97 Å². The fraction of sp³-hybridized carbons (Fsp3) is 0.200. The molecule has 0 aliphatic carbocycles. The van der Waals surface area contributed by atoms with Crippen molar-refractivity contribution < 1.29 is 18.7 Å². The maximum absolute atomic E-state index is 15.1. The largest absolute Gasteiger partial charge is 0.476 e. The van der Waals surface area contributed by atoms with E-state index in [1.54, 1.807) is 18.3 Å². The van der Waals surface area contributed by atoms with Gasteiger partial charge in [0.1, 0.15) is 6.04 Å². The molecule has 1 aliphatic rings. The van der Waals surface area contributed by atoms with Crippen LogP contribution in [-0.4, -0.2) is 27.4 Å². The molecule has 0 amide bonds. The van der Waals surface area contributed by atoms with Gasteiger partial charge in [-0.3, -0.25) is 4.99 Å². The van der Waals surface area contributed by atoms with E-state index in [4.69, 9.17) is 22.4 Å². The number of dihydropyridines is 1. The van der Waals surface area contributed by atoms with Crippen LogP contribution in [0.25, 0.3) is 10.9 Å². The molecule has 5 nitrogen and oxygen atoms in total. The first-order valence-corrected chi connectivity index (χ1v) is 7.04. The summed E-state index contributed by atoms with van der Waals surface area (Å²) in [7, 11) is 0. The molecule has 2 atom stereocenters. The summed E-state index contributed by atoms with van der Waals surface area (Å²) in [5, 5.41) is 9.27. The van der Waals surface area contributed by atoms with E-state index in [1.807, 2.05) is 0 Å². The number of fused-ring (bicyclic) bond motifs is 1. The van der Waals surface area contributed by atoms with Gasteiger partial charge in [0.05, 0.1) is 16.2 Å². The summed E-state index contributed by atoms with van der Waals surface area (Å²) in [5.41, 5.74) is 2.34. The Balaban J connectivity index is 2.24. The summed E-state index contributed by atoms with van der Waals surface area (Å²) in [6, 6.07) is 3.16. The van der Waals surface area contributed by atoms with E-state index in [0.717, 1.165) is 6.92 Å². The average Bonchev–Trinajstić information content (AvgIpc) is 2.95. The minimum absolute atomic E-state index is 0.101. The highest BCUT2D eigenvalue weighted by Gasteiger charge is 2.46. The van der Waals surface area contributed by atoms with Crippen LogP contribution >= 0.6 is 11.6 Å². The average molecular weight is 340 g/mol. The number of carboxylic acids is 1. The van der Waals surface area contributed by atoms with Crippen LogP contribution in [-0.2, 0) is 4.79 Å². The Morgan fingerprint density at radius 3 is 2.83 bits per heavy atom. The van der Waals surface area contributed by atoms with Crippen molar-refractivity contribution in [2.45, 2.75) is 18.6 Å². The van der Waals surface area contributed by atoms with E-state index in [9.17, 15) is 9.18 Å². The number of aliphatic imine (C=N–C) groups is 1. The predicted octanol–water partition coefficient (Wildman–Crippen LogP) is 3.02. The number of carbonyl (C=O) groups is 1. The Labute approximate surface area is 134 Å². The van der Waals surface area contributed by atoms with Crippen LogP contribution in [0.2, 0.25) is 0 Å². The number of carboxylic acid groups (broad SMARTS) is 1. The Morgan fingerprint density at radius 2 is 2.17 bits per heavy atom. The molecule has 23 heavy (non-hydrogen) atoms. The number of rotatable bonds is 2. The van der Waals surface area contributed by atoms with E-state index in [0.29, 0.717) is 5.39 Å². The lowest BCUT2D eigenvalue weighted by Gasteiger charge is -2.33. The number of halogens is 3. The molecule has 3 rings (SSSR count). The van der Waals surface area contributed by atoms with Crippen LogP contribution in [0.5, 0.6) is 0 Å². The second kappa shape index (κ2) is 5.06. The summed E-state index contributed by atoms with van der Waals surface area (Å²) >= 11 is 5.79. The normalized spacial score (nSPS) is 24.9. The van der Waals surface area contributed by atoms with Crippen LogP contribution in [0.1, 0.15) is 18.5 Å². The van der Waals surface area contributed by atoms with E-state index in [-0.39, 0.29) is 11.1 Å². The summed E-state index contributed by atoms with van der Waals surface area (Å²) in [6.07, 6.45) is 1.55. The number of benzene rings is 1. The molecule has 8 heteroatoms. The first-order valence-electron chi connectivity index (χ1n) is 6.66. The Bertz CT molecular complexity index is 886. The smallest absolute Gasteiger partial charge is 0.355 e. The van der Waals surface area contributed by atoms with Crippen LogP contribution in [0.15, 0.2) is 40.1 Å². The Morgan fingerprint density at radius 1 is 1.48 bits per heavy atom. The topological polar surface area (TPSA) is 91.5 Å². The van der Waals surface area contributed by atoms with Gasteiger partial charge in [-0.2, -0.15) is 0 Å². The van der Waals surface area contributed by atoms with E-state index in [2.05, 4.69) is 9.98 Å². The van der Waals surface area contributed by atoms with Crippen molar-refractivity contribution in [2.24, 2.45) is 10.7 Å². The molecule has 0 saturated heterocycles. The summed E-state index contributed by atoms with van der Waals surface area (Å²) < 4.78 is 29.7. The van der Waals surface area contributed by atoms with Gasteiger partial charge in [-0.05, 0) is 13.0 Å². The Hall–Kier alpha value is -2.41. The lowest BCUT2D eigenvalue weighted by atomic mass is 9.86. The number of nitrogens with zero attached hydrogens (tertiary/aromatic N) is 1. The zero-order chi connectivity index (χ0) is 16.9. The van der Waals surface area contributed by atoms with Crippen molar-refractivity contribution in [3.05, 3.63) is 46.5 Å². The SMILES string of the molecule is C[C@@]1(F)C(N)=C(Cl)C(C(=O)O)=NC1c1ccc2cc[nH]c2c1F. The highest BCUT2D eigenvalue weighted by atomic mass is 35.5. The highest BCUT2D eigenvalue weighted by molar-refractivity contribution is 6.58. The minimum Gasteiger partial charge on any atom is -0.476 e. The maximum Gasteiger partial charge on any atom is 0.355 e. The first-order chi connectivity index (χ1) is 10.7. The van der Waals surface area contributed by atoms with Gasteiger partial charge in [-0.25, -0.2) is 13.6 Å². The van der Waals surface area contributed by atoms with Crippen molar-refractivity contribution in [1.82, 2.24) is 4.98 Å². The molecule has 1 aromatic carbocycles. The van der Waals surface area contributed by atoms with Gasteiger partial charge in [0.15, 0.2) is 17.2 Å². The third-order valence-corrected chi connectivity index (χ3v) is 4.32. The van der Waals surface area contributed by atoms with Gasteiger partial charge in [-0.1, -0.05) is 23.7 Å². The molecule has 0 radical (unpaired) electrons. The number of hydrogen-bond donors (Lipinski definition) is 3. The van der Waals surface area contributed by atoms with Crippen LogP contribution < -0.4 is 5.73 Å². The fourth-order valence-electron chi connectivity index (χ4n) is 2.63. The zero-order valence-corrected chi connectivity index (χ0v) is 12.7. The van der Waals surface area contributed by atoms with Gasteiger partial charge in [0.25, 0.3) is 0 Å². The highest BCUT2D eigenvalue weighted by Crippen LogP contribution is 2.43. The fourth-order valence-corrected chi connectivity index (χ4v) is 2.94. The molecule has 1 aromatic heterocycles. The molecule has 2 aromatic rings. The number of nitrogens with two attached hydrogens (primary N) is 1. The molecule has 2 heterocycles. The standard InChI is InChI=1S/C15H12ClF2N3O2/c1-15(18)12(19)8(16)11(14(22)23)21-13(15)7-3-2-6-4-5-20-10(6)9(7)17/h2-5,13,20H,19H2,1H3,(H,22,23)/t13?,15-/m1/s1. The molecular weight excluding hydrogens is 328 g/mol. The predicted molar refractivity (Wildman–Crippen MR) is 82.6 cm³/mol. The van der Waals surface area contributed by atoms with Crippen molar-refractivity contribution in [1.29, 1.82) is 0 Å². The van der Waals surface area contributed by atoms with Gasteiger partial charge in [0.2, 0.25) is 0 Å². The molecule has 0 spiro atoms. The van der Waals surface area contributed by atoms with Crippen molar-refractivity contribution >= 4 is 34.2 Å². The third-order valence-electron chi connectivity index (χ3n) is 3.93. The van der Waals surface area contributed by atoms with Crippen molar-refractivity contribution in [3.8, 4) is 0 Å². The summed E-state index contributed by atoms with van der Waals surface area (Å²) in [4.78, 5) is 17.8. The van der Waals surface area contributed by atoms with Crippen LogP contribution in [0.3, 0.4) is 0 Å². The number of H-pyrrole nitrogens is 1. The molecule has 120 valence electrons. The summed E-state index contributed by atoms with van der Waals surface area (Å²) in [6.45, 7) is 1.09. The number of aromatic nitrogens is 1. The van der Waals surface area contributed by atoms with E-state index >= 15 is 4.39 Å². The number of alkyl halides is 1. The number of aromatic amines is 1. The zero-order valence-electron chi connectivity index (χ0n) is 11.9. The molecule has 1 unspecified atom stereocenters. The molecule has 1 aliphatic heterocycles. The summed E-state index contributed by atoms with van der Waals surface area (Å²) in [5.74, 6) is -2.17. The lowest BCUT2D eigenvalue weighted by molar-refractivity contribution is -0.129. The quantitative estimate of drug-likeness (QED) is 0.785. The van der Waals surface area contributed by atoms with Gasteiger partial charge in [0, 0.05) is 17.1 Å². The lowest BCUT2D eigenvalue weighted by Crippen LogP contribution is -2.40. The number of nitrogens with one attached hydrogen (secondary N) is 1. The molecule has 0 fully saturated rings. The second-order valence-electron chi connectivity index (χ2n) is 5.40. The number of hydrogen-bond acceptors (Lipinski definition) is 3. The van der Waals surface area contributed by atoms with E-state index < -0.39 is 39.9 Å². The molecule has 0 saturated carbocycles. The Kier molecular flexibility index (Phi) is 3.40. The van der Waals surface area contributed by atoms with Crippen LogP contribution in [0, 0.1) is 5.82 Å². The second-order valence-corrected chi connectivity index (χ2v) is 5.78. The van der Waals surface area contributed by atoms with Gasteiger partial charge < -0.3 is 15.8 Å². The molecule has 4 N–H and O–H groups in total. The minimum atomic E-state index is -2.32. The van der Waals surface area contributed by atoms with Gasteiger partial charge in [-0.15, -0.1) is 0 Å². The maximum atomic E-state index is 15.1. The van der Waals surface area contributed by atoms with Crippen molar-refractivity contribution in [3.63, 3.8) is 0 Å². The molecular formula is C15H12ClF2N3O2. The number of aliphatic carboxylic acids is 1. The first kappa shape index (κ1) is 15.5.